The molecule has 0 saturated heterocycles. The Morgan fingerprint density at radius 1 is 1.11 bits per heavy atom. The van der Waals surface area contributed by atoms with Crippen molar-refractivity contribution in [2.75, 3.05) is 20.6 Å². The minimum absolute atomic E-state index is 0.0722. The average molecular weight is 407 g/mol. The number of halogens is 1. The van der Waals surface area contributed by atoms with Gasteiger partial charge in [-0.05, 0) is 45.0 Å². The molecule has 0 bridgehead atoms. The number of benzene rings is 1. The number of rotatable bonds is 4. The van der Waals surface area contributed by atoms with Gasteiger partial charge in [0, 0.05) is 24.7 Å². The van der Waals surface area contributed by atoms with Crippen molar-refractivity contribution in [3.8, 4) is 11.5 Å². The van der Waals surface area contributed by atoms with E-state index in [2.05, 4.69) is 10.2 Å². The molecule has 0 spiro atoms. The maximum absolute atomic E-state index is 12.8. The molecule has 1 N–H and O–H groups in total. The third-order valence-corrected chi connectivity index (χ3v) is 5.42. The molecular weight excluding hydrogens is 384 g/mol. The van der Waals surface area contributed by atoms with Gasteiger partial charge in [-0.15, -0.1) is 0 Å². The van der Waals surface area contributed by atoms with E-state index in [9.17, 15) is 14.4 Å². The number of fused-ring (bicyclic) bond motifs is 1. The minimum atomic E-state index is -0.783. The lowest BCUT2D eigenvalue weighted by molar-refractivity contribution is -0.133. The van der Waals surface area contributed by atoms with Gasteiger partial charge in [0.1, 0.15) is 0 Å². The van der Waals surface area contributed by atoms with Crippen molar-refractivity contribution in [3.05, 3.63) is 34.9 Å². The van der Waals surface area contributed by atoms with E-state index < -0.39 is 17.8 Å². The molecule has 1 aromatic carbocycles. The summed E-state index contributed by atoms with van der Waals surface area (Å²) in [5.41, 5.74) is 0.0908. The Balaban J connectivity index is 1.81. The molecule has 2 unspecified atom stereocenters. The third kappa shape index (κ3) is 4.54. The Kier molecular flexibility index (Phi) is 6.36. The fourth-order valence-corrected chi connectivity index (χ4v) is 3.93. The molecule has 2 aliphatic rings. The number of amides is 1. The molecule has 3 rings (SSSR count). The predicted octanol–water partition coefficient (Wildman–Crippen LogP) is 2.57. The van der Waals surface area contributed by atoms with E-state index in [1.54, 1.807) is 0 Å². The van der Waals surface area contributed by atoms with Crippen molar-refractivity contribution in [1.82, 2.24) is 10.2 Å². The molecule has 28 heavy (non-hydrogen) atoms. The lowest BCUT2D eigenvalue weighted by atomic mass is 9.83. The number of nitrogens with zero attached hydrogens (tertiary/aromatic N) is 1. The largest absolute Gasteiger partial charge is 0.418 e. The van der Waals surface area contributed by atoms with Gasteiger partial charge in [-0.1, -0.05) is 24.4 Å². The molecule has 8 heteroatoms. The highest BCUT2D eigenvalue weighted by Crippen LogP contribution is 2.39. The molecule has 7 nitrogen and oxygen atoms in total. The number of hydrogen-bond donors (Lipinski definition) is 1. The number of carbonyl (C=O) groups is 3. The molecule has 0 radical (unpaired) electrons. The molecule has 0 aromatic heterocycles. The van der Waals surface area contributed by atoms with E-state index in [1.165, 1.54) is 18.6 Å². The zero-order valence-corrected chi connectivity index (χ0v) is 16.6. The minimum Gasteiger partial charge on any atom is -0.418 e. The Bertz CT molecular complexity index is 821. The van der Waals surface area contributed by atoms with E-state index in [4.69, 9.17) is 21.1 Å². The maximum Gasteiger partial charge on any atom is 0.336 e. The lowest BCUT2D eigenvalue weighted by Gasteiger charge is -2.36. The normalized spacial score (nSPS) is 23.1. The lowest BCUT2D eigenvalue weighted by Crippen LogP contribution is -2.43. The van der Waals surface area contributed by atoms with Crippen LogP contribution in [-0.2, 0) is 9.59 Å². The van der Waals surface area contributed by atoms with Crippen LogP contribution in [0.25, 0.3) is 0 Å². The summed E-state index contributed by atoms with van der Waals surface area (Å²) in [6.45, 7) is 0.507. The molecule has 2 atom stereocenters. The van der Waals surface area contributed by atoms with Gasteiger partial charge in [-0.3, -0.25) is 4.79 Å². The standard InChI is InChI=1S/C20H23ClN2O5/c1-23(2)15-6-4-3-5-12(15)11-22-20(26)13-7-8-14(21)19-18(13)27-16(24)9-10-17(25)28-19/h7-10,12,15H,3-6,11H2,1-2H3,(H,22,26)/b10-9-. The summed E-state index contributed by atoms with van der Waals surface area (Å²) in [7, 11) is 4.10. The first-order valence-corrected chi connectivity index (χ1v) is 9.63. The van der Waals surface area contributed by atoms with Gasteiger partial charge in [0.2, 0.25) is 0 Å². The summed E-state index contributed by atoms with van der Waals surface area (Å²) in [6.07, 6.45) is 6.35. The van der Waals surface area contributed by atoms with Crippen LogP contribution in [0.15, 0.2) is 24.3 Å². The van der Waals surface area contributed by atoms with Crippen LogP contribution in [0.4, 0.5) is 0 Å². The molecule has 1 aromatic rings. The van der Waals surface area contributed by atoms with E-state index in [1.807, 2.05) is 14.1 Å². The molecule has 1 aliphatic heterocycles. The number of nitrogens with one attached hydrogen (secondary N) is 1. The second-order valence-electron chi connectivity index (χ2n) is 7.21. The van der Waals surface area contributed by atoms with Crippen molar-refractivity contribution in [2.24, 2.45) is 5.92 Å². The highest BCUT2D eigenvalue weighted by molar-refractivity contribution is 6.32. The monoisotopic (exact) mass is 406 g/mol. The van der Waals surface area contributed by atoms with Gasteiger partial charge in [-0.2, -0.15) is 0 Å². The molecule has 1 heterocycles. The highest BCUT2D eigenvalue weighted by Gasteiger charge is 2.29. The van der Waals surface area contributed by atoms with E-state index in [0.717, 1.165) is 31.4 Å². The van der Waals surface area contributed by atoms with Crippen LogP contribution in [0.5, 0.6) is 11.5 Å². The summed E-state index contributed by atoms with van der Waals surface area (Å²) < 4.78 is 10.3. The van der Waals surface area contributed by atoms with E-state index >= 15 is 0 Å². The Morgan fingerprint density at radius 2 is 1.75 bits per heavy atom. The van der Waals surface area contributed by atoms with Gasteiger partial charge in [0.05, 0.1) is 10.6 Å². The molecule has 1 fully saturated rings. The predicted molar refractivity (Wildman–Crippen MR) is 104 cm³/mol. The third-order valence-electron chi connectivity index (χ3n) is 5.13. The zero-order chi connectivity index (χ0) is 20.3. The van der Waals surface area contributed by atoms with Crippen LogP contribution in [0.3, 0.4) is 0 Å². The molecule has 150 valence electrons. The number of esters is 2. The number of ether oxygens (including phenoxy) is 2. The summed E-state index contributed by atoms with van der Waals surface area (Å²) in [4.78, 5) is 38.6. The van der Waals surface area contributed by atoms with Crippen LogP contribution in [0.2, 0.25) is 5.02 Å². The second-order valence-corrected chi connectivity index (χ2v) is 7.62. The SMILES string of the molecule is CN(C)C1CCCCC1CNC(=O)c1ccc(Cl)c2c1OC(=O)/C=C\C(=O)O2. The fraction of sp³-hybridized carbons (Fsp3) is 0.450. The number of carbonyl (C=O) groups excluding carboxylic acids is 3. The smallest absolute Gasteiger partial charge is 0.336 e. The van der Waals surface area contributed by atoms with Gasteiger partial charge in [0.15, 0.2) is 11.5 Å². The Morgan fingerprint density at radius 3 is 2.43 bits per heavy atom. The maximum atomic E-state index is 12.8. The number of hydrogen-bond acceptors (Lipinski definition) is 6. The molecule has 1 aliphatic carbocycles. The molecular formula is C20H23ClN2O5. The van der Waals surface area contributed by atoms with Crippen molar-refractivity contribution < 1.29 is 23.9 Å². The van der Waals surface area contributed by atoms with Crippen LogP contribution in [-0.4, -0.2) is 49.4 Å². The zero-order valence-electron chi connectivity index (χ0n) is 15.9. The summed E-state index contributed by atoms with van der Waals surface area (Å²) in [5.74, 6) is -1.92. The van der Waals surface area contributed by atoms with Crippen molar-refractivity contribution >= 4 is 29.4 Å². The fourth-order valence-electron chi connectivity index (χ4n) is 3.74. The quantitative estimate of drug-likeness (QED) is 0.611. The average Bonchev–Trinajstić information content (AvgIpc) is 2.66. The van der Waals surface area contributed by atoms with Gasteiger partial charge >= 0.3 is 11.9 Å². The van der Waals surface area contributed by atoms with Gasteiger partial charge in [-0.25, -0.2) is 9.59 Å². The summed E-state index contributed by atoms with van der Waals surface area (Å²) in [5, 5.41) is 3.00. The highest BCUT2D eigenvalue weighted by atomic mass is 35.5. The molecule has 1 amide bonds. The van der Waals surface area contributed by atoms with Crippen LogP contribution < -0.4 is 14.8 Å². The van der Waals surface area contributed by atoms with E-state index in [0.29, 0.717) is 18.5 Å². The van der Waals surface area contributed by atoms with Crippen LogP contribution in [0.1, 0.15) is 36.0 Å². The molecule has 1 saturated carbocycles. The van der Waals surface area contributed by atoms with Crippen molar-refractivity contribution in [2.45, 2.75) is 31.7 Å². The van der Waals surface area contributed by atoms with Crippen LogP contribution >= 0.6 is 11.6 Å². The van der Waals surface area contributed by atoms with Crippen LogP contribution in [0, 0.1) is 5.92 Å². The first-order valence-electron chi connectivity index (χ1n) is 9.25. The topological polar surface area (TPSA) is 84.9 Å². The summed E-state index contributed by atoms with van der Waals surface area (Å²) in [6, 6.07) is 3.29. The second kappa shape index (κ2) is 8.75. The Labute approximate surface area is 168 Å². The van der Waals surface area contributed by atoms with Gasteiger partial charge < -0.3 is 19.7 Å². The Hall–Kier alpha value is -2.38. The first kappa shape index (κ1) is 20.4. The van der Waals surface area contributed by atoms with E-state index in [-0.39, 0.29) is 22.1 Å². The van der Waals surface area contributed by atoms with Gasteiger partial charge in [0.25, 0.3) is 5.91 Å². The first-order chi connectivity index (χ1) is 13.4. The van der Waals surface area contributed by atoms with Crippen molar-refractivity contribution in [3.63, 3.8) is 0 Å². The summed E-state index contributed by atoms with van der Waals surface area (Å²) >= 11 is 6.08. The van der Waals surface area contributed by atoms with Crippen molar-refractivity contribution in [1.29, 1.82) is 0 Å².